The topological polar surface area (TPSA) is 57.8 Å². The summed E-state index contributed by atoms with van der Waals surface area (Å²) in [4.78, 5) is 15.0. The maximum Gasteiger partial charge on any atom is 0.307 e. The highest BCUT2D eigenvalue weighted by atomic mass is 79.9. The van der Waals surface area contributed by atoms with Crippen molar-refractivity contribution in [3.05, 3.63) is 63.3 Å². The van der Waals surface area contributed by atoms with Crippen molar-refractivity contribution in [3.63, 3.8) is 0 Å². The maximum atomic E-state index is 12.5. The second-order valence-corrected chi connectivity index (χ2v) is 9.84. The number of carbonyl (C=O) groups is 1. The number of halogens is 1. The summed E-state index contributed by atoms with van der Waals surface area (Å²) in [5, 5.41) is 5.07. The van der Waals surface area contributed by atoms with Crippen molar-refractivity contribution in [3.8, 4) is 0 Å². The van der Waals surface area contributed by atoms with Crippen molar-refractivity contribution in [2.24, 2.45) is 5.10 Å². The number of rotatable bonds is 4. The number of fused-ring (bicyclic) bond motifs is 2. The van der Waals surface area contributed by atoms with Gasteiger partial charge in [-0.2, -0.15) is 5.10 Å². The van der Waals surface area contributed by atoms with E-state index in [1.165, 1.54) is 11.3 Å². The highest BCUT2D eigenvalue weighted by Gasteiger charge is 2.35. The summed E-state index contributed by atoms with van der Waals surface area (Å²) in [5.74, 6) is 0.332. The number of benzene rings is 2. The van der Waals surface area contributed by atoms with Gasteiger partial charge in [-0.3, -0.25) is 4.79 Å². The third kappa shape index (κ3) is 4.13. The van der Waals surface area contributed by atoms with Crippen molar-refractivity contribution in [2.45, 2.75) is 52.5 Å². The Morgan fingerprint density at radius 3 is 2.84 bits per heavy atom. The SMILES string of the molecule is CCN1c2cc(C)c(/C=N\NC(=O)c3cc4cc(Br)ccc4o3)cc2C(C)CC1(C)C. The van der Waals surface area contributed by atoms with Crippen LogP contribution in [-0.2, 0) is 0 Å². The van der Waals surface area contributed by atoms with Crippen molar-refractivity contribution in [2.75, 3.05) is 11.4 Å². The third-order valence-electron chi connectivity index (χ3n) is 6.16. The molecule has 2 aromatic carbocycles. The Kier molecular flexibility index (Phi) is 5.69. The van der Waals surface area contributed by atoms with Crippen LogP contribution < -0.4 is 10.3 Å². The molecule has 1 aromatic heterocycles. The van der Waals surface area contributed by atoms with Crippen LogP contribution in [0.1, 0.15) is 67.3 Å². The monoisotopic (exact) mass is 481 g/mol. The average molecular weight is 482 g/mol. The lowest BCUT2D eigenvalue weighted by molar-refractivity contribution is 0.0929. The molecular formula is C25H28BrN3O2. The summed E-state index contributed by atoms with van der Waals surface area (Å²) in [6, 6.07) is 11.8. The zero-order chi connectivity index (χ0) is 22.3. The summed E-state index contributed by atoms with van der Waals surface area (Å²) in [6.07, 6.45) is 2.82. The van der Waals surface area contributed by atoms with Gasteiger partial charge >= 0.3 is 5.91 Å². The minimum absolute atomic E-state index is 0.138. The lowest BCUT2D eigenvalue weighted by atomic mass is 9.79. The fourth-order valence-electron chi connectivity index (χ4n) is 4.73. The maximum absolute atomic E-state index is 12.5. The van der Waals surface area contributed by atoms with Crippen LogP contribution in [0.25, 0.3) is 11.0 Å². The highest BCUT2D eigenvalue weighted by molar-refractivity contribution is 9.10. The molecule has 1 unspecified atom stereocenters. The molecule has 3 aromatic rings. The Morgan fingerprint density at radius 2 is 2.10 bits per heavy atom. The number of hydrogen-bond donors (Lipinski definition) is 1. The zero-order valence-corrected chi connectivity index (χ0v) is 20.2. The number of amides is 1. The summed E-state index contributed by atoms with van der Waals surface area (Å²) >= 11 is 3.43. The van der Waals surface area contributed by atoms with Gasteiger partial charge in [0.2, 0.25) is 0 Å². The Bertz CT molecular complexity index is 1180. The standard InChI is InChI=1S/C25H28BrN3O2/c1-6-29-21-9-15(2)18(11-20(21)16(3)13-25(29,4)5)14-27-28-24(30)23-12-17-10-19(26)7-8-22(17)31-23/h7-12,14,16H,6,13H2,1-5H3,(H,28,30)/b27-14-. The molecule has 162 valence electrons. The normalized spacial score (nSPS) is 17.9. The number of hydrogen-bond acceptors (Lipinski definition) is 4. The van der Waals surface area contributed by atoms with Crippen LogP contribution in [0.4, 0.5) is 5.69 Å². The molecule has 1 N–H and O–H groups in total. The second kappa shape index (κ2) is 8.15. The smallest absolute Gasteiger partial charge is 0.307 e. The van der Waals surface area contributed by atoms with Crippen molar-refractivity contribution >= 4 is 44.7 Å². The molecule has 1 amide bonds. The molecular weight excluding hydrogens is 454 g/mol. The van der Waals surface area contributed by atoms with Crippen molar-refractivity contribution < 1.29 is 9.21 Å². The summed E-state index contributed by atoms with van der Waals surface area (Å²) in [5.41, 5.74) is 8.18. The first-order chi connectivity index (χ1) is 14.7. The lowest BCUT2D eigenvalue weighted by Gasteiger charge is -2.47. The largest absolute Gasteiger partial charge is 0.451 e. The van der Waals surface area contributed by atoms with E-state index in [-0.39, 0.29) is 17.2 Å². The first-order valence-corrected chi connectivity index (χ1v) is 11.4. The molecule has 0 spiro atoms. The highest BCUT2D eigenvalue weighted by Crippen LogP contribution is 2.44. The molecule has 0 radical (unpaired) electrons. The lowest BCUT2D eigenvalue weighted by Crippen LogP contribution is -2.48. The Balaban J connectivity index is 1.55. The van der Waals surface area contributed by atoms with Crippen LogP contribution in [0.5, 0.6) is 0 Å². The van der Waals surface area contributed by atoms with Crippen LogP contribution in [0, 0.1) is 6.92 Å². The Morgan fingerprint density at radius 1 is 1.32 bits per heavy atom. The molecule has 31 heavy (non-hydrogen) atoms. The van der Waals surface area contributed by atoms with E-state index >= 15 is 0 Å². The number of furan rings is 1. The van der Waals surface area contributed by atoms with Gasteiger partial charge in [0.25, 0.3) is 0 Å². The fraction of sp³-hybridized carbons (Fsp3) is 0.360. The van der Waals surface area contributed by atoms with E-state index in [0.717, 1.165) is 34.0 Å². The van der Waals surface area contributed by atoms with Crippen LogP contribution in [0.15, 0.2) is 50.4 Å². The summed E-state index contributed by atoms with van der Waals surface area (Å²) in [6.45, 7) is 12.2. The number of carbonyl (C=O) groups excluding carboxylic acids is 1. The molecule has 4 rings (SSSR count). The second-order valence-electron chi connectivity index (χ2n) is 8.92. The van der Waals surface area contributed by atoms with E-state index in [2.05, 4.69) is 78.1 Å². The average Bonchev–Trinajstić information content (AvgIpc) is 3.11. The predicted octanol–water partition coefficient (Wildman–Crippen LogP) is 6.38. The number of nitrogens with zero attached hydrogens (tertiary/aromatic N) is 2. The van der Waals surface area contributed by atoms with Crippen molar-refractivity contribution in [1.29, 1.82) is 0 Å². The van der Waals surface area contributed by atoms with E-state index in [1.54, 1.807) is 12.3 Å². The molecule has 0 fully saturated rings. The summed E-state index contributed by atoms with van der Waals surface area (Å²) in [7, 11) is 0. The molecule has 6 heteroatoms. The molecule has 1 aliphatic heterocycles. The molecule has 5 nitrogen and oxygen atoms in total. The van der Waals surface area contributed by atoms with Gasteiger partial charge in [0, 0.05) is 27.6 Å². The van der Waals surface area contributed by atoms with Gasteiger partial charge in [0.1, 0.15) is 5.58 Å². The van der Waals surface area contributed by atoms with Gasteiger partial charge in [-0.1, -0.05) is 22.9 Å². The van der Waals surface area contributed by atoms with Crippen LogP contribution >= 0.6 is 15.9 Å². The summed E-state index contributed by atoms with van der Waals surface area (Å²) < 4.78 is 6.57. The van der Waals surface area contributed by atoms with Crippen molar-refractivity contribution in [1.82, 2.24) is 5.43 Å². The quantitative estimate of drug-likeness (QED) is 0.347. The van der Waals surface area contributed by atoms with Gasteiger partial charge in [-0.25, -0.2) is 5.43 Å². The van der Waals surface area contributed by atoms with E-state index in [1.807, 2.05) is 18.2 Å². The minimum Gasteiger partial charge on any atom is -0.451 e. The number of anilines is 1. The first-order valence-electron chi connectivity index (χ1n) is 10.6. The molecule has 2 heterocycles. The fourth-order valence-corrected chi connectivity index (χ4v) is 5.11. The molecule has 1 aliphatic rings. The minimum atomic E-state index is -0.369. The van der Waals surface area contributed by atoms with Gasteiger partial charge < -0.3 is 9.32 Å². The van der Waals surface area contributed by atoms with Crippen LogP contribution in [-0.4, -0.2) is 24.2 Å². The van der Waals surface area contributed by atoms with Gasteiger partial charge in [-0.05, 0) is 93.1 Å². The number of hydrazone groups is 1. The van der Waals surface area contributed by atoms with Gasteiger partial charge in [0.15, 0.2) is 5.76 Å². The van der Waals surface area contributed by atoms with E-state index < -0.39 is 0 Å². The van der Waals surface area contributed by atoms with E-state index in [0.29, 0.717) is 11.5 Å². The third-order valence-corrected chi connectivity index (χ3v) is 6.65. The van der Waals surface area contributed by atoms with E-state index in [9.17, 15) is 4.79 Å². The first kappa shape index (κ1) is 21.6. The number of aryl methyl sites for hydroxylation is 1. The number of nitrogens with one attached hydrogen (secondary N) is 1. The molecule has 0 bridgehead atoms. The molecule has 0 aliphatic carbocycles. The van der Waals surface area contributed by atoms with E-state index in [4.69, 9.17) is 4.42 Å². The van der Waals surface area contributed by atoms with Gasteiger partial charge in [-0.15, -0.1) is 0 Å². The molecule has 1 atom stereocenters. The predicted molar refractivity (Wildman–Crippen MR) is 130 cm³/mol. The van der Waals surface area contributed by atoms with Gasteiger partial charge in [0.05, 0.1) is 6.21 Å². The molecule has 0 saturated carbocycles. The Hall–Kier alpha value is -2.60. The van der Waals surface area contributed by atoms with Crippen LogP contribution in [0.2, 0.25) is 0 Å². The zero-order valence-electron chi connectivity index (χ0n) is 18.6. The molecule has 0 saturated heterocycles. The van der Waals surface area contributed by atoms with Crippen LogP contribution in [0.3, 0.4) is 0 Å². The Labute approximate surface area is 191 Å².